The second-order valence-electron chi connectivity index (χ2n) is 8.69. The first-order chi connectivity index (χ1) is 18.0. The van der Waals surface area contributed by atoms with Crippen LogP contribution in [0.25, 0.3) is 22.8 Å². The van der Waals surface area contributed by atoms with Crippen LogP contribution in [0, 0.1) is 6.92 Å². The summed E-state index contributed by atoms with van der Waals surface area (Å²) in [6.07, 6.45) is 10.9. The molecule has 0 unspecified atom stereocenters. The number of rotatable bonds is 8. The monoisotopic (exact) mass is 490 g/mol. The van der Waals surface area contributed by atoms with Crippen molar-refractivity contribution >= 4 is 40.2 Å². The summed E-state index contributed by atoms with van der Waals surface area (Å²) in [5.41, 5.74) is 7.49. The lowest BCUT2D eigenvalue weighted by Gasteiger charge is -2.12. The van der Waals surface area contributed by atoms with E-state index in [2.05, 4.69) is 63.1 Å². The highest BCUT2D eigenvalue weighted by atomic mass is 16.2. The summed E-state index contributed by atoms with van der Waals surface area (Å²) in [4.78, 5) is 31.0. The Morgan fingerprint density at radius 1 is 1.11 bits per heavy atom. The Morgan fingerprint density at radius 3 is 2.84 bits per heavy atom. The van der Waals surface area contributed by atoms with E-state index in [4.69, 9.17) is 4.98 Å². The van der Waals surface area contributed by atoms with E-state index in [9.17, 15) is 4.79 Å². The molecule has 0 atom stereocenters. The van der Waals surface area contributed by atoms with Gasteiger partial charge in [-0.3, -0.25) is 4.79 Å². The predicted octanol–water partition coefficient (Wildman–Crippen LogP) is 4.37. The highest BCUT2D eigenvalue weighted by molar-refractivity contribution is 5.88. The molecule has 4 aromatic heterocycles. The van der Waals surface area contributed by atoms with Gasteiger partial charge in [0.15, 0.2) is 11.5 Å². The van der Waals surface area contributed by atoms with Crippen molar-refractivity contribution in [3.8, 4) is 0 Å². The van der Waals surface area contributed by atoms with Crippen LogP contribution in [0.2, 0.25) is 0 Å². The van der Waals surface area contributed by atoms with Crippen molar-refractivity contribution in [1.29, 1.82) is 0 Å². The summed E-state index contributed by atoms with van der Waals surface area (Å²) < 4.78 is 1.76. The molecule has 0 aliphatic rings. The van der Waals surface area contributed by atoms with Crippen molar-refractivity contribution in [3.63, 3.8) is 0 Å². The zero-order chi connectivity index (χ0) is 25.8. The Kier molecular flexibility index (Phi) is 6.67. The first-order valence-corrected chi connectivity index (χ1v) is 11.8. The minimum absolute atomic E-state index is 0.131. The lowest BCUT2D eigenvalue weighted by molar-refractivity contribution is -0.124. The summed E-state index contributed by atoms with van der Waals surface area (Å²) in [5, 5.41) is 7.55. The fraction of sp³-hybridized carbons (Fsp3) is 0.143. The largest absolute Gasteiger partial charge is 0.339 e. The Hall–Kier alpha value is -4.92. The number of hydrogen-bond donors (Lipinski definition) is 1. The third-order valence-corrected chi connectivity index (χ3v) is 6.07. The zero-order valence-corrected chi connectivity index (χ0v) is 20.7. The van der Waals surface area contributed by atoms with E-state index in [1.807, 2.05) is 36.5 Å². The Bertz CT molecular complexity index is 1640. The lowest BCUT2D eigenvalue weighted by Crippen LogP contribution is -2.24. The van der Waals surface area contributed by atoms with Gasteiger partial charge in [0.25, 0.3) is 0 Å². The van der Waals surface area contributed by atoms with E-state index in [1.165, 1.54) is 29.1 Å². The number of likely N-dealkylation sites (N-methyl/N-ethyl adjacent to an activating group) is 1. The molecule has 5 aromatic rings. The molecule has 5 rings (SSSR count). The van der Waals surface area contributed by atoms with Crippen LogP contribution in [-0.2, 0) is 11.2 Å². The molecule has 0 spiro atoms. The molecule has 184 valence electrons. The first-order valence-electron chi connectivity index (χ1n) is 11.8. The van der Waals surface area contributed by atoms with E-state index in [-0.39, 0.29) is 5.91 Å². The van der Waals surface area contributed by atoms with Gasteiger partial charge in [-0.1, -0.05) is 18.7 Å². The topological polar surface area (TPSA) is 101 Å². The number of carbonyl (C=O) groups excluding carboxylic acids is 1. The number of fused-ring (bicyclic) bond motifs is 2. The van der Waals surface area contributed by atoms with Gasteiger partial charge in [-0.15, -0.1) is 0 Å². The van der Waals surface area contributed by atoms with Crippen LogP contribution >= 0.6 is 0 Å². The summed E-state index contributed by atoms with van der Waals surface area (Å²) in [7, 11) is 1.72. The van der Waals surface area contributed by atoms with Gasteiger partial charge in [-0.05, 0) is 78.6 Å². The minimum atomic E-state index is -0.131. The Labute approximate surface area is 214 Å². The number of aromatic nitrogens is 6. The number of nitrogens with zero attached hydrogens (tertiary/aromatic N) is 7. The fourth-order valence-corrected chi connectivity index (χ4v) is 4.01. The van der Waals surface area contributed by atoms with Crippen LogP contribution in [0.1, 0.15) is 22.4 Å². The highest BCUT2D eigenvalue weighted by Gasteiger charge is 2.09. The minimum Gasteiger partial charge on any atom is -0.339 e. The van der Waals surface area contributed by atoms with Crippen molar-refractivity contribution < 1.29 is 4.79 Å². The Morgan fingerprint density at radius 2 is 2.00 bits per heavy atom. The SMILES string of the molecule is C=CC(=O)N(C)C/C=C/c1ccc2ncnc(Nc3ccc(Cc4ccn5ncnc5c4)c(C)c3)c2n1. The van der Waals surface area contributed by atoms with Crippen LogP contribution < -0.4 is 5.32 Å². The standard InChI is InChI=1S/C28H26N8O/c1-4-26(37)35(3)12-5-6-22-9-10-24-27(33-22)28(31-17-29-24)34-23-8-7-21(19(2)14-23)15-20-11-13-36-25(16-20)30-18-32-36/h4-11,13-14,16-18H,1,12,15H2,2-3H3,(H,29,31,34)/b6-5+. The highest BCUT2D eigenvalue weighted by Crippen LogP contribution is 2.25. The molecule has 0 saturated heterocycles. The summed E-state index contributed by atoms with van der Waals surface area (Å²) in [5.74, 6) is 0.498. The number of pyridine rings is 2. The smallest absolute Gasteiger partial charge is 0.245 e. The summed E-state index contributed by atoms with van der Waals surface area (Å²) in [6.45, 7) is 6.07. The van der Waals surface area contributed by atoms with Gasteiger partial charge in [-0.2, -0.15) is 5.10 Å². The third kappa shape index (κ3) is 5.35. The number of amides is 1. The average Bonchev–Trinajstić information content (AvgIpc) is 3.38. The first kappa shape index (κ1) is 23.8. The van der Waals surface area contributed by atoms with Gasteiger partial charge in [-0.25, -0.2) is 24.5 Å². The maximum absolute atomic E-state index is 11.6. The van der Waals surface area contributed by atoms with Crippen LogP contribution in [0.4, 0.5) is 11.5 Å². The van der Waals surface area contributed by atoms with E-state index < -0.39 is 0 Å². The maximum atomic E-state index is 11.6. The molecule has 9 heteroatoms. The molecule has 4 heterocycles. The summed E-state index contributed by atoms with van der Waals surface area (Å²) in [6, 6.07) is 14.2. The number of hydrogen-bond acceptors (Lipinski definition) is 7. The number of nitrogens with one attached hydrogen (secondary N) is 1. The summed E-state index contributed by atoms with van der Waals surface area (Å²) >= 11 is 0. The number of aryl methyl sites for hydroxylation is 1. The average molecular weight is 491 g/mol. The Balaban J connectivity index is 1.34. The van der Waals surface area contributed by atoms with Gasteiger partial charge < -0.3 is 10.2 Å². The van der Waals surface area contributed by atoms with Gasteiger partial charge in [0, 0.05) is 25.5 Å². The van der Waals surface area contributed by atoms with Crippen LogP contribution in [0.15, 0.2) is 80.0 Å². The quantitative estimate of drug-likeness (QED) is 0.322. The molecule has 0 aliphatic carbocycles. The molecular weight excluding hydrogens is 464 g/mol. The molecule has 0 fully saturated rings. The van der Waals surface area contributed by atoms with Gasteiger partial charge in [0.2, 0.25) is 5.91 Å². The molecule has 0 saturated carbocycles. The normalized spacial score (nSPS) is 11.3. The molecule has 1 amide bonds. The van der Waals surface area contributed by atoms with Gasteiger partial charge >= 0.3 is 0 Å². The van der Waals surface area contributed by atoms with E-state index in [1.54, 1.807) is 22.8 Å². The van der Waals surface area contributed by atoms with Crippen LogP contribution in [-0.4, -0.2) is 53.9 Å². The molecule has 9 nitrogen and oxygen atoms in total. The van der Waals surface area contributed by atoms with Crippen LogP contribution in [0.5, 0.6) is 0 Å². The second-order valence-corrected chi connectivity index (χ2v) is 8.69. The van der Waals surface area contributed by atoms with Crippen molar-refractivity contribution in [2.45, 2.75) is 13.3 Å². The molecular formula is C28H26N8O. The van der Waals surface area contributed by atoms with Crippen molar-refractivity contribution in [3.05, 3.63) is 102 Å². The number of benzene rings is 1. The van der Waals surface area contributed by atoms with Crippen molar-refractivity contribution in [2.75, 3.05) is 18.9 Å². The van der Waals surface area contributed by atoms with Crippen molar-refractivity contribution in [2.24, 2.45) is 0 Å². The molecule has 37 heavy (non-hydrogen) atoms. The number of anilines is 2. The number of carbonyl (C=O) groups is 1. The molecule has 0 radical (unpaired) electrons. The fourth-order valence-electron chi connectivity index (χ4n) is 4.01. The third-order valence-electron chi connectivity index (χ3n) is 6.07. The zero-order valence-electron chi connectivity index (χ0n) is 20.7. The maximum Gasteiger partial charge on any atom is 0.245 e. The second kappa shape index (κ2) is 10.4. The molecule has 0 aliphatic heterocycles. The van der Waals surface area contributed by atoms with Crippen molar-refractivity contribution in [1.82, 2.24) is 34.4 Å². The van der Waals surface area contributed by atoms with Gasteiger partial charge in [0.05, 0.1) is 11.2 Å². The van der Waals surface area contributed by atoms with E-state index in [0.29, 0.717) is 17.9 Å². The molecule has 1 N–H and O–H groups in total. The lowest BCUT2D eigenvalue weighted by atomic mass is 10.0. The van der Waals surface area contributed by atoms with Crippen LogP contribution in [0.3, 0.4) is 0 Å². The van der Waals surface area contributed by atoms with E-state index in [0.717, 1.165) is 29.0 Å². The molecule has 1 aromatic carbocycles. The van der Waals surface area contributed by atoms with Gasteiger partial charge in [0.1, 0.15) is 18.2 Å². The van der Waals surface area contributed by atoms with E-state index >= 15 is 0 Å². The molecule has 0 bridgehead atoms. The predicted molar refractivity (Wildman–Crippen MR) is 144 cm³/mol.